The van der Waals surface area contributed by atoms with Crippen molar-refractivity contribution in [1.29, 1.82) is 0 Å². The van der Waals surface area contributed by atoms with E-state index in [1.54, 1.807) is 20.8 Å². The molecule has 0 bridgehead atoms. The number of carbonyl (C=O) groups is 1. The molecule has 96 valence electrons. The van der Waals surface area contributed by atoms with Gasteiger partial charge in [-0.3, -0.25) is 5.32 Å². The van der Waals surface area contributed by atoms with Gasteiger partial charge in [0.2, 0.25) is 5.13 Å². The van der Waals surface area contributed by atoms with E-state index in [1.807, 2.05) is 6.92 Å². The zero-order valence-corrected chi connectivity index (χ0v) is 11.3. The molecule has 1 atom stereocenters. The van der Waals surface area contributed by atoms with E-state index >= 15 is 0 Å². The maximum atomic E-state index is 11.5. The highest BCUT2D eigenvalue weighted by Crippen LogP contribution is 2.18. The highest BCUT2D eigenvalue weighted by atomic mass is 32.1. The molecule has 7 heteroatoms. The minimum absolute atomic E-state index is 0.0837. The molecule has 0 saturated carbocycles. The highest BCUT2D eigenvalue weighted by Gasteiger charge is 2.18. The second-order valence-corrected chi connectivity index (χ2v) is 5.47. The molecule has 1 unspecified atom stereocenters. The van der Waals surface area contributed by atoms with Gasteiger partial charge in [-0.1, -0.05) is 6.92 Å². The Hall–Kier alpha value is -1.21. The van der Waals surface area contributed by atoms with Crippen molar-refractivity contribution >= 4 is 22.8 Å². The van der Waals surface area contributed by atoms with Gasteiger partial charge in [-0.15, -0.1) is 0 Å². The summed E-state index contributed by atoms with van der Waals surface area (Å²) < 4.78 is 9.22. The average Bonchev–Trinajstić information content (AvgIpc) is 2.62. The number of carbonyl (C=O) groups excluding carboxylic acids is 1. The van der Waals surface area contributed by atoms with Crippen LogP contribution in [-0.4, -0.2) is 27.6 Å². The number of nitrogens with one attached hydrogen (secondary N) is 1. The van der Waals surface area contributed by atoms with Gasteiger partial charge < -0.3 is 10.5 Å². The van der Waals surface area contributed by atoms with Crippen LogP contribution in [-0.2, 0) is 4.74 Å². The van der Waals surface area contributed by atoms with Gasteiger partial charge in [0.25, 0.3) is 0 Å². The van der Waals surface area contributed by atoms with Crippen LogP contribution in [0.2, 0.25) is 0 Å². The summed E-state index contributed by atoms with van der Waals surface area (Å²) in [6.07, 6.45) is -0.527. The van der Waals surface area contributed by atoms with Crippen molar-refractivity contribution in [3.63, 3.8) is 0 Å². The molecule has 0 aromatic carbocycles. The topological polar surface area (TPSA) is 90.1 Å². The normalized spacial score (nSPS) is 13.2. The van der Waals surface area contributed by atoms with Crippen LogP contribution < -0.4 is 11.1 Å². The summed E-state index contributed by atoms with van der Waals surface area (Å²) in [5, 5.41) is 2.97. The van der Waals surface area contributed by atoms with Gasteiger partial charge in [0.1, 0.15) is 11.4 Å². The zero-order chi connectivity index (χ0) is 13.1. The van der Waals surface area contributed by atoms with E-state index in [1.165, 1.54) is 0 Å². The molecule has 1 amide bonds. The lowest BCUT2D eigenvalue weighted by Crippen LogP contribution is -2.27. The van der Waals surface area contributed by atoms with Crippen LogP contribution in [0.1, 0.15) is 39.4 Å². The number of anilines is 1. The predicted molar refractivity (Wildman–Crippen MR) is 67.2 cm³/mol. The molecule has 0 aliphatic rings. The molecule has 0 aliphatic carbocycles. The number of hydrogen-bond donors (Lipinski definition) is 2. The van der Waals surface area contributed by atoms with E-state index in [0.717, 1.165) is 11.5 Å². The van der Waals surface area contributed by atoms with Crippen molar-refractivity contribution in [2.45, 2.75) is 39.2 Å². The maximum absolute atomic E-state index is 11.5. The number of nitrogens with two attached hydrogens (primary N) is 1. The maximum Gasteiger partial charge on any atom is 0.414 e. The van der Waals surface area contributed by atoms with E-state index in [4.69, 9.17) is 10.5 Å². The molecule has 0 spiro atoms. The number of nitrogens with zero attached hydrogens (tertiary/aromatic N) is 2. The van der Waals surface area contributed by atoms with E-state index in [-0.39, 0.29) is 5.92 Å². The summed E-state index contributed by atoms with van der Waals surface area (Å²) in [5.74, 6) is 0.726. The summed E-state index contributed by atoms with van der Waals surface area (Å²) in [4.78, 5) is 15.6. The third-order valence-corrected chi connectivity index (χ3v) is 2.49. The van der Waals surface area contributed by atoms with Gasteiger partial charge in [0.05, 0.1) is 0 Å². The van der Waals surface area contributed by atoms with Crippen LogP contribution in [0.4, 0.5) is 9.93 Å². The summed E-state index contributed by atoms with van der Waals surface area (Å²) >= 11 is 1.12. The second-order valence-electron chi connectivity index (χ2n) is 4.72. The Labute approximate surface area is 105 Å². The molecular formula is C10H18N4O2S. The van der Waals surface area contributed by atoms with Gasteiger partial charge in [-0.2, -0.15) is 4.37 Å². The predicted octanol–water partition coefficient (Wildman–Crippen LogP) is 1.95. The van der Waals surface area contributed by atoms with Gasteiger partial charge in [-0.05, 0) is 20.8 Å². The summed E-state index contributed by atoms with van der Waals surface area (Å²) in [7, 11) is 0. The Balaban J connectivity index is 2.58. The number of rotatable bonds is 3. The van der Waals surface area contributed by atoms with E-state index in [2.05, 4.69) is 14.7 Å². The fourth-order valence-corrected chi connectivity index (χ4v) is 1.65. The standard InChI is InChI=1S/C10H18N4O2S/c1-6(5-11)7-12-8(17-14-7)13-9(15)16-10(2,3)4/h6H,5,11H2,1-4H3,(H,12,13,14,15). The molecule has 17 heavy (non-hydrogen) atoms. The smallest absolute Gasteiger partial charge is 0.414 e. The first-order valence-electron chi connectivity index (χ1n) is 5.35. The van der Waals surface area contributed by atoms with E-state index in [9.17, 15) is 4.79 Å². The van der Waals surface area contributed by atoms with Crippen LogP contribution >= 0.6 is 11.5 Å². The van der Waals surface area contributed by atoms with Crippen LogP contribution in [0.5, 0.6) is 0 Å². The highest BCUT2D eigenvalue weighted by molar-refractivity contribution is 7.09. The van der Waals surface area contributed by atoms with Crippen molar-refractivity contribution in [1.82, 2.24) is 9.36 Å². The SMILES string of the molecule is CC(CN)c1nsc(NC(=O)OC(C)(C)C)n1. The molecule has 1 heterocycles. The fourth-order valence-electron chi connectivity index (χ4n) is 0.982. The molecule has 1 aromatic heterocycles. The number of hydrogen-bond acceptors (Lipinski definition) is 6. The first kappa shape index (κ1) is 13.9. The van der Waals surface area contributed by atoms with Crippen LogP contribution in [0, 0.1) is 0 Å². The van der Waals surface area contributed by atoms with Crippen LogP contribution in [0.3, 0.4) is 0 Å². The van der Waals surface area contributed by atoms with Crippen LogP contribution in [0.25, 0.3) is 0 Å². The van der Waals surface area contributed by atoms with E-state index < -0.39 is 11.7 Å². The summed E-state index contributed by atoms with van der Waals surface area (Å²) in [5.41, 5.74) is 4.98. The fraction of sp³-hybridized carbons (Fsp3) is 0.700. The van der Waals surface area contributed by atoms with Crippen molar-refractivity contribution in [3.05, 3.63) is 5.82 Å². The minimum Gasteiger partial charge on any atom is -0.444 e. The Morgan fingerprint density at radius 3 is 2.76 bits per heavy atom. The Morgan fingerprint density at radius 1 is 1.59 bits per heavy atom. The molecule has 0 fully saturated rings. The lowest BCUT2D eigenvalue weighted by Gasteiger charge is -2.18. The Bertz CT molecular complexity index is 386. The minimum atomic E-state index is -0.527. The van der Waals surface area contributed by atoms with Gasteiger partial charge >= 0.3 is 6.09 Å². The lowest BCUT2D eigenvalue weighted by molar-refractivity contribution is 0.0636. The number of aromatic nitrogens is 2. The number of amides is 1. The molecule has 6 nitrogen and oxygen atoms in total. The largest absolute Gasteiger partial charge is 0.444 e. The average molecular weight is 258 g/mol. The van der Waals surface area contributed by atoms with Gasteiger partial charge in [0.15, 0.2) is 0 Å². The van der Waals surface area contributed by atoms with Gasteiger partial charge in [0, 0.05) is 24.0 Å². The van der Waals surface area contributed by atoms with Gasteiger partial charge in [-0.25, -0.2) is 9.78 Å². The van der Waals surface area contributed by atoms with E-state index in [0.29, 0.717) is 17.5 Å². The third kappa shape index (κ3) is 4.66. The van der Waals surface area contributed by atoms with Crippen molar-refractivity contribution in [3.8, 4) is 0 Å². The van der Waals surface area contributed by atoms with Crippen molar-refractivity contribution in [2.24, 2.45) is 5.73 Å². The number of ether oxygens (including phenoxy) is 1. The quantitative estimate of drug-likeness (QED) is 0.864. The molecule has 0 radical (unpaired) electrons. The molecule has 0 saturated heterocycles. The molecular weight excluding hydrogens is 240 g/mol. The van der Waals surface area contributed by atoms with Crippen LogP contribution in [0.15, 0.2) is 0 Å². The first-order chi connectivity index (χ1) is 7.81. The Morgan fingerprint density at radius 2 is 2.24 bits per heavy atom. The zero-order valence-electron chi connectivity index (χ0n) is 10.5. The summed E-state index contributed by atoms with van der Waals surface area (Å²) in [6, 6.07) is 0. The molecule has 3 N–H and O–H groups in total. The lowest BCUT2D eigenvalue weighted by atomic mass is 10.2. The molecule has 0 aliphatic heterocycles. The Kier molecular flexibility index (Phi) is 4.41. The monoisotopic (exact) mass is 258 g/mol. The van der Waals surface area contributed by atoms with Crippen molar-refractivity contribution < 1.29 is 9.53 Å². The third-order valence-electron chi connectivity index (χ3n) is 1.84. The summed E-state index contributed by atoms with van der Waals surface area (Å²) in [6.45, 7) is 7.81. The molecule has 1 rings (SSSR count). The molecule has 1 aromatic rings. The van der Waals surface area contributed by atoms with Crippen molar-refractivity contribution in [2.75, 3.05) is 11.9 Å². The first-order valence-corrected chi connectivity index (χ1v) is 6.13. The second kappa shape index (κ2) is 5.42.